The lowest BCUT2D eigenvalue weighted by molar-refractivity contribution is 0.0907. The van der Waals surface area contributed by atoms with Gasteiger partial charge in [0.1, 0.15) is 0 Å². The predicted octanol–water partition coefficient (Wildman–Crippen LogP) is 5.70. The molecule has 0 bridgehead atoms. The Morgan fingerprint density at radius 1 is 0.921 bits per heavy atom. The standard InChI is InChI=1S/C24H30N4O.C7H7NO/c1-3-17-28(21(4-2)18-27-24(29)23-25-15-16-26-23)22(19-11-7-5-8-12-19)20-13-9-6-10-14-20;1-6(9)7-3-2-4-8-5-7/h5-16,21-22H,3-4,17-18H2,1-2H3,(H,25,26)(H,27,29);2-5H,1H3. The molecule has 7 heteroatoms. The van der Waals surface area contributed by atoms with Gasteiger partial charge in [-0.1, -0.05) is 74.5 Å². The van der Waals surface area contributed by atoms with Gasteiger partial charge in [-0.3, -0.25) is 19.5 Å². The van der Waals surface area contributed by atoms with Gasteiger partial charge in [0, 0.05) is 42.9 Å². The third kappa shape index (κ3) is 8.21. The third-order valence-electron chi connectivity index (χ3n) is 6.26. The molecule has 0 aliphatic heterocycles. The maximum Gasteiger partial charge on any atom is 0.287 e. The molecule has 1 unspecified atom stereocenters. The first-order valence-electron chi connectivity index (χ1n) is 13.1. The van der Waals surface area contributed by atoms with E-state index in [-0.39, 0.29) is 23.8 Å². The van der Waals surface area contributed by atoms with Gasteiger partial charge in [0.05, 0.1) is 6.04 Å². The number of aromatic amines is 1. The van der Waals surface area contributed by atoms with Crippen molar-refractivity contribution in [1.29, 1.82) is 0 Å². The second kappa shape index (κ2) is 15.2. The summed E-state index contributed by atoms with van der Waals surface area (Å²) in [4.78, 5) is 36.2. The average Bonchev–Trinajstić information content (AvgIpc) is 3.51. The Kier molecular flexibility index (Phi) is 11.4. The van der Waals surface area contributed by atoms with Crippen molar-refractivity contribution in [2.75, 3.05) is 13.1 Å². The monoisotopic (exact) mass is 511 g/mol. The topological polar surface area (TPSA) is 91.0 Å². The molecule has 0 saturated carbocycles. The molecule has 7 nitrogen and oxygen atoms in total. The summed E-state index contributed by atoms with van der Waals surface area (Å²) in [5.41, 5.74) is 3.20. The molecule has 0 fully saturated rings. The van der Waals surface area contributed by atoms with Crippen LogP contribution in [-0.2, 0) is 0 Å². The Labute approximate surface area is 225 Å². The third-order valence-corrected chi connectivity index (χ3v) is 6.26. The highest BCUT2D eigenvalue weighted by molar-refractivity contribution is 5.93. The van der Waals surface area contributed by atoms with Gasteiger partial charge >= 0.3 is 0 Å². The highest BCUT2D eigenvalue weighted by Gasteiger charge is 2.28. The second-order valence-electron chi connectivity index (χ2n) is 8.97. The summed E-state index contributed by atoms with van der Waals surface area (Å²) in [6.07, 6.45) is 8.44. The van der Waals surface area contributed by atoms with Crippen molar-refractivity contribution in [3.8, 4) is 0 Å². The molecule has 0 aliphatic rings. The fourth-order valence-corrected chi connectivity index (χ4v) is 4.38. The summed E-state index contributed by atoms with van der Waals surface area (Å²) >= 11 is 0. The molecule has 198 valence electrons. The number of amides is 1. The summed E-state index contributed by atoms with van der Waals surface area (Å²) in [6.45, 7) is 7.43. The number of benzene rings is 2. The molecular weight excluding hydrogens is 474 g/mol. The van der Waals surface area contributed by atoms with E-state index in [0.717, 1.165) is 19.4 Å². The number of Topliss-reactive ketones (excluding diaryl/α,β-unsaturated/α-hetero) is 1. The first kappa shape index (κ1) is 28.5. The molecular formula is C31H37N5O2. The Bertz CT molecular complexity index is 1180. The van der Waals surface area contributed by atoms with Crippen molar-refractivity contribution in [3.63, 3.8) is 0 Å². The molecule has 1 atom stereocenters. The quantitative estimate of drug-likeness (QED) is 0.252. The lowest BCUT2D eigenvalue weighted by atomic mass is 9.94. The van der Waals surface area contributed by atoms with Crippen LogP contribution >= 0.6 is 0 Å². The van der Waals surface area contributed by atoms with Crippen LogP contribution in [0.3, 0.4) is 0 Å². The molecule has 2 N–H and O–H groups in total. The van der Waals surface area contributed by atoms with E-state index in [1.54, 1.807) is 36.9 Å². The molecule has 38 heavy (non-hydrogen) atoms. The molecule has 4 rings (SSSR count). The average molecular weight is 512 g/mol. The zero-order valence-electron chi connectivity index (χ0n) is 22.4. The first-order chi connectivity index (χ1) is 18.5. The summed E-state index contributed by atoms with van der Waals surface area (Å²) in [6, 6.07) is 25.1. The highest BCUT2D eigenvalue weighted by atomic mass is 16.2. The van der Waals surface area contributed by atoms with Gasteiger partial charge in [0.2, 0.25) is 0 Å². The molecule has 2 aromatic heterocycles. The minimum Gasteiger partial charge on any atom is -0.348 e. The molecule has 0 saturated heterocycles. The number of ketones is 1. The largest absolute Gasteiger partial charge is 0.348 e. The van der Waals surface area contributed by atoms with Gasteiger partial charge in [-0.25, -0.2) is 4.98 Å². The normalized spacial score (nSPS) is 11.5. The van der Waals surface area contributed by atoms with Crippen LogP contribution in [0.15, 0.2) is 97.6 Å². The van der Waals surface area contributed by atoms with Gasteiger partial charge in [-0.05, 0) is 49.6 Å². The fourth-order valence-electron chi connectivity index (χ4n) is 4.38. The summed E-state index contributed by atoms with van der Waals surface area (Å²) < 4.78 is 0. The Hall–Kier alpha value is -4.10. The lowest BCUT2D eigenvalue weighted by Crippen LogP contribution is -2.46. The first-order valence-corrected chi connectivity index (χ1v) is 13.1. The van der Waals surface area contributed by atoms with E-state index in [1.165, 1.54) is 18.1 Å². The van der Waals surface area contributed by atoms with Crippen molar-refractivity contribution in [2.45, 2.75) is 45.7 Å². The van der Waals surface area contributed by atoms with Crippen LogP contribution in [0.2, 0.25) is 0 Å². The highest BCUT2D eigenvalue weighted by Crippen LogP contribution is 2.31. The SMILES string of the molecule is CC(=O)c1cccnc1.CCCN(C(CC)CNC(=O)c1ncc[nH]1)C(c1ccccc1)c1ccccc1. The molecule has 4 aromatic rings. The maximum atomic E-state index is 12.4. The van der Waals surface area contributed by atoms with Gasteiger partial charge < -0.3 is 10.3 Å². The van der Waals surface area contributed by atoms with E-state index < -0.39 is 0 Å². The fraction of sp³-hybridized carbons (Fsp3) is 0.290. The van der Waals surface area contributed by atoms with Crippen molar-refractivity contribution >= 4 is 11.7 Å². The second-order valence-corrected chi connectivity index (χ2v) is 8.97. The number of nitrogens with zero attached hydrogens (tertiary/aromatic N) is 3. The molecule has 0 radical (unpaired) electrons. The van der Waals surface area contributed by atoms with Crippen molar-refractivity contribution < 1.29 is 9.59 Å². The number of hydrogen-bond acceptors (Lipinski definition) is 5. The van der Waals surface area contributed by atoms with E-state index in [4.69, 9.17) is 0 Å². The van der Waals surface area contributed by atoms with Crippen LogP contribution in [0, 0.1) is 0 Å². The molecule has 2 heterocycles. The van der Waals surface area contributed by atoms with Gasteiger partial charge in [-0.2, -0.15) is 0 Å². The van der Waals surface area contributed by atoms with E-state index in [0.29, 0.717) is 17.9 Å². The minimum absolute atomic E-state index is 0.0584. The zero-order valence-corrected chi connectivity index (χ0v) is 22.4. The number of pyridine rings is 1. The predicted molar refractivity (Wildman–Crippen MR) is 151 cm³/mol. The summed E-state index contributed by atoms with van der Waals surface area (Å²) in [7, 11) is 0. The van der Waals surface area contributed by atoms with Crippen LogP contribution in [0.1, 0.15) is 71.8 Å². The molecule has 1 amide bonds. The van der Waals surface area contributed by atoms with Gasteiger partial charge in [0.15, 0.2) is 11.6 Å². The van der Waals surface area contributed by atoms with Gasteiger partial charge in [0.25, 0.3) is 5.91 Å². The van der Waals surface area contributed by atoms with Crippen molar-refractivity contribution in [3.05, 3.63) is 120 Å². The number of nitrogens with one attached hydrogen (secondary N) is 2. The smallest absolute Gasteiger partial charge is 0.287 e. The Morgan fingerprint density at radius 2 is 1.58 bits per heavy atom. The van der Waals surface area contributed by atoms with Crippen LogP contribution in [0.4, 0.5) is 0 Å². The number of rotatable bonds is 11. The number of carbonyl (C=O) groups excluding carboxylic acids is 2. The van der Waals surface area contributed by atoms with E-state index in [2.05, 4.69) is 99.7 Å². The molecule has 2 aromatic carbocycles. The minimum atomic E-state index is -0.166. The van der Waals surface area contributed by atoms with Crippen LogP contribution in [0.5, 0.6) is 0 Å². The van der Waals surface area contributed by atoms with E-state index in [9.17, 15) is 9.59 Å². The van der Waals surface area contributed by atoms with E-state index >= 15 is 0 Å². The summed E-state index contributed by atoms with van der Waals surface area (Å²) in [5, 5.41) is 3.06. The number of aromatic nitrogens is 3. The van der Waals surface area contributed by atoms with Crippen LogP contribution < -0.4 is 5.32 Å². The Morgan fingerprint density at radius 3 is 2.03 bits per heavy atom. The number of imidazole rings is 1. The Balaban J connectivity index is 0.000000375. The van der Waals surface area contributed by atoms with E-state index in [1.807, 2.05) is 0 Å². The zero-order chi connectivity index (χ0) is 27.2. The summed E-state index contributed by atoms with van der Waals surface area (Å²) in [5.74, 6) is 0.244. The maximum absolute atomic E-state index is 12.4. The molecule has 0 spiro atoms. The number of hydrogen-bond donors (Lipinski definition) is 2. The number of carbonyl (C=O) groups is 2. The van der Waals surface area contributed by atoms with Crippen molar-refractivity contribution in [1.82, 2.24) is 25.2 Å². The van der Waals surface area contributed by atoms with Crippen molar-refractivity contribution in [2.24, 2.45) is 0 Å². The molecule has 0 aliphatic carbocycles. The lowest BCUT2D eigenvalue weighted by Gasteiger charge is -2.38. The van der Waals surface area contributed by atoms with Crippen LogP contribution in [-0.4, -0.2) is 50.7 Å². The number of H-pyrrole nitrogens is 1. The van der Waals surface area contributed by atoms with Crippen LogP contribution in [0.25, 0.3) is 0 Å². The van der Waals surface area contributed by atoms with Gasteiger partial charge in [-0.15, -0.1) is 0 Å².